The lowest BCUT2D eigenvalue weighted by molar-refractivity contribution is -0.128. The van der Waals surface area contributed by atoms with Gasteiger partial charge in [0.25, 0.3) is 0 Å². The SMILES string of the molecule is CC(C)NC(=O)[C@@H]1C2CCC(C2)N1Cc1nccs1. The van der Waals surface area contributed by atoms with Crippen molar-refractivity contribution < 1.29 is 4.79 Å². The molecule has 104 valence electrons. The van der Waals surface area contributed by atoms with Gasteiger partial charge in [-0.05, 0) is 39.0 Å². The summed E-state index contributed by atoms with van der Waals surface area (Å²) in [5.41, 5.74) is 0. The van der Waals surface area contributed by atoms with E-state index in [2.05, 4.69) is 15.2 Å². The van der Waals surface area contributed by atoms with Gasteiger partial charge in [-0.2, -0.15) is 0 Å². The lowest BCUT2D eigenvalue weighted by Crippen LogP contribution is -2.51. The predicted molar refractivity (Wildman–Crippen MR) is 75.9 cm³/mol. The number of nitrogens with one attached hydrogen (secondary N) is 1. The van der Waals surface area contributed by atoms with Crippen molar-refractivity contribution >= 4 is 17.2 Å². The minimum Gasteiger partial charge on any atom is -0.353 e. The molecule has 19 heavy (non-hydrogen) atoms. The third kappa shape index (κ3) is 2.54. The third-order valence-corrected chi connectivity index (χ3v) is 4.98. The fourth-order valence-electron chi connectivity index (χ4n) is 3.53. The third-order valence-electron chi connectivity index (χ3n) is 4.22. The number of hydrogen-bond donors (Lipinski definition) is 1. The van der Waals surface area contributed by atoms with E-state index in [4.69, 9.17) is 0 Å². The van der Waals surface area contributed by atoms with Crippen LogP contribution >= 0.6 is 11.3 Å². The maximum absolute atomic E-state index is 12.4. The van der Waals surface area contributed by atoms with Crippen molar-refractivity contribution in [3.63, 3.8) is 0 Å². The number of carbonyl (C=O) groups is 1. The molecule has 1 saturated heterocycles. The standard InChI is InChI=1S/C14H21N3OS/c1-9(2)16-14(18)13-10-3-4-11(7-10)17(13)8-12-15-5-6-19-12/h5-6,9-11,13H,3-4,7-8H2,1-2H3,(H,16,18)/t10?,11?,13-/m0/s1. The first-order valence-corrected chi connectivity index (χ1v) is 7.97. The quantitative estimate of drug-likeness (QED) is 0.917. The number of likely N-dealkylation sites (tertiary alicyclic amines) is 1. The molecule has 2 aliphatic rings. The fourth-order valence-corrected chi connectivity index (χ4v) is 4.15. The zero-order valence-electron chi connectivity index (χ0n) is 11.5. The van der Waals surface area contributed by atoms with Crippen molar-refractivity contribution in [3.8, 4) is 0 Å². The minimum atomic E-state index is 0.0602. The van der Waals surface area contributed by atoms with Crippen LogP contribution in [0, 0.1) is 5.92 Å². The summed E-state index contributed by atoms with van der Waals surface area (Å²) in [4.78, 5) is 19.2. The number of nitrogens with zero attached hydrogens (tertiary/aromatic N) is 2. The number of piperidine rings is 1. The van der Waals surface area contributed by atoms with Crippen LogP contribution in [0.15, 0.2) is 11.6 Å². The van der Waals surface area contributed by atoms with Crippen molar-refractivity contribution in [1.82, 2.24) is 15.2 Å². The molecule has 0 aromatic carbocycles. The predicted octanol–water partition coefficient (Wildman–Crippen LogP) is 2.02. The molecule has 2 heterocycles. The van der Waals surface area contributed by atoms with Crippen molar-refractivity contribution in [2.75, 3.05) is 0 Å². The van der Waals surface area contributed by atoms with Crippen LogP contribution in [-0.2, 0) is 11.3 Å². The van der Waals surface area contributed by atoms with E-state index in [1.54, 1.807) is 11.3 Å². The largest absolute Gasteiger partial charge is 0.353 e. The summed E-state index contributed by atoms with van der Waals surface area (Å²) < 4.78 is 0. The van der Waals surface area contributed by atoms with Crippen LogP contribution in [0.25, 0.3) is 0 Å². The van der Waals surface area contributed by atoms with Crippen molar-refractivity contribution in [1.29, 1.82) is 0 Å². The van der Waals surface area contributed by atoms with Crippen LogP contribution < -0.4 is 5.32 Å². The maximum atomic E-state index is 12.4. The normalized spacial score (nSPS) is 30.2. The Hall–Kier alpha value is -0.940. The van der Waals surface area contributed by atoms with Gasteiger partial charge < -0.3 is 5.32 Å². The Morgan fingerprint density at radius 2 is 2.42 bits per heavy atom. The molecule has 0 radical (unpaired) electrons. The molecule has 1 aliphatic carbocycles. The van der Waals surface area contributed by atoms with Gasteiger partial charge in [0.1, 0.15) is 5.01 Å². The molecule has 1 amide bonds. The molecular weight excluding hydrogens is 258 g/mol. The Morgan fingerprint density at radius 3 is 3.11 bits per heavy atom. The van der Waals surface area contributed by atoms with E-state index >= 15 is 0 Å². The van der Waals surface area contributed by atoms with Crippen LogP contribution in [0.4, 0.5) is 0 Å². The highest BCUT2D eigenvalue weighted by molar-refractivity contribution is 7.09. The fraction of sp³-hybridized carbons (Fsp3) is 0.714. The maximum Gasteiger partial charge on any atom is 0.237 e. The first-order chi connectivity index (χ1) is 9.15. The second kappa shape index (κ2) is 5.21. The van der Waals surface area contributed by atoms with Crippen LogP contribution in [0.1, 0.15) is 38.1 Å². The minimum absolute atomic E-state index is 0.0602. The number of aromatic nitrogens is 1. The molecule has 2 unspecified atom stereocenters. The van der Waals surface area contributed by atoms with Gasteiger partial charge in [0, 0.05) is 23.7 Å². The number of thiazole rings is 1. The van der Waals surface area contributed by atoms with Gasteiger partial charge in [-0.1, -0.05) is 0 Å². The highest BCUT2D eigenvalue weighted by Gasteiger charge is 2.49. The Morgan fingerprint density at radius 1 is 1.58 bits per heavy atom. The highest BCUT2D eigenvalue weighted by Crippen LogP contribution is 2.43. The summed E-state index contributed by atoms with van der Waals surface area (Å²) in [5.74, 6) is 0.752. The van der Waals surface area contributed by atoms with Gasteiger partial charge in [-0.15, -0.1) is 11.3 Å². The van der Waals surface area contributed by atoms with E-state index in [1.807, 2.05) is 25.4 Å². The average molecular weight is 279 g/mol. The molecule has 2 bridgehead atoms. The summed E-state index contributed by atoms with van der Waals surface area (Å²) in [6.45, 7) is 4.88. The molecule has 1 saturated carbocycles. The van der Waals surface area contributed by atoms with Crippen molar-refractivity contribution in [3.05, 3.63) is 16.6 Å². The Labute approximate surface area is 118 Å². The second-order valence-electron chi connectivity index (χ2n) is 5.93. The molecule has 1 aromatic rings. The van der Waals surface area contributed by atoms with Crippen LogP contribution in [0.5, 0.6) is 0 Å². The summed E-state index contributed by atoms with van der Waals surface area (Å²) in [7, 11) is 0. The van der Waals surface area contributed by atoms with Gasteiger partial charge in [-0.3, -0.25) is 9.69 Å². The number of fused-ring (bicyclic) bond motifs is 2. The highest BCUT2D eigenvalue weighted by atomic mass is 32.1. The molecule has 2 fully saturated rings. The van der Waals surface area contributed by atoms with Gasteiger partial charge >= 0.3 is 0 Å². The van der Waals surface area contributed by atoms with E-state index < -0.39 is 0 Å². The molecule has 4 nitrogen and oxygen atoms in total. The number of rotatable bonds is 4. The molecule has 5 heteroatoms. The summed E-state index contributed by atoms with van der Waals surface area (Å²) in [6, 6.07) is 0.857. The van der Waals surface area contributed by atoms with Crippen molar-refractivity contribution in [2.45, 2.75) is 57.8 Å². The zero-order chi connectivity index (χ0) is 13.4. The molecule has 0 spiro atoms. The zero-order valence-corrected chi connectivity index (χ0v) is 12.3. The molecule has 3 rings (SSSR count). The topological polar surface area (TPSA) is 45.2 Å². The van der Waals surface area contributed by atoms with Crippen molar-refractivity contribution in [2.24, 2.45) is 5.92 Å². The van der Waals surface area contributed by atoms with E-state index in [0.717, 1.165) is 11.6 Å². The Balaban J connectivity index is 1.74. The molecule has 1 aliphatic heterocycles. The molecule has 1 aromatic heterocycles. The summed E-state index contributed by atoms with van der Waals surface area (Å²) in [6.07, 6.45) is 5.47. The molecule has 1 N–H and O–H groups in total. The van der Waals surface area contributed by atoms with Gasteiger partial charge in [0.2, 0.25) is 5.91 Å². The van der Waals surface area contributed by atoms with Crippen LogP contribution in [-0.4, -0.2) is 33.9 Å². The van der Waals surface area contributed by atoms with E-state index in [-0.39, 0.29) is 18.0 Å². The van der Waals surface area contributed by atoms with Gasteiger partial charge in [0.15, 0.2) is 0 Å². The van der Waals surface area contributed by atoms with E-state index in [1.165, 1.54) is 19.3 Å². The summed E-state index contributed by atoms with van der Waals surface area (Å²) >= 11 is 1.68. The van der Waals surface area contributed by atoms with Gasteiger partial charge in [0.05, 0.1) is 12.6 Å². The average Bonchev–Trinajstić information content (AvgIpc) is 3.02. The van der Waals surface area contributed by atoms with E-state index in [0.29, 0.717) is 12.0 Å². The first-order valence-electron chi connectivity index (χ1n) is 7.09. The Kier molecular flexibility index (Phi) is 3.58. The second-order valence-corrected chi connectivity index (χ2v) is 6.91. The molecule has 3 atom stereocenters. The number of hydrogen-bond acceptors (Lipinski definition) is 4. The van der Waals surface area contributed by atoms with Gasteiger partial charge in [-0.25, -0.2) is 4.98 Å². The number of carbonyl (C=O) groups excluding carboxylic acids is 1. The lowest BCUT2D eigenvalue weighted by atomic mass is 9.97. The van der Waals surface area contributed by atoms with Crippen LogP contribution in [0.3, 0.4) is 0 Å². The number of amides is 1. The lowest BCUT2D eigenvalue weighted by Gasteiger charge is -2.34. The van der Waals surface area contributed by atoms with E-state index in [9.17, 15) is 4.79 Å². The van der Waals surface area contributed by atoms with Crippen LogP contribution in [0.2, 0.25) is 0 Å². The molecular formula is C14H21N3OS. The smallest absolute Gasteiger partial charge is 0.237 e. The Bertz CT molecular complexity index is 446. The monoisotopic (exact) mass is 279 g/mol. The first kappa shape index (κ1) is 13.1. The summed E-state index contributed by atoms with van der Waals surface area (Å²) in [5, 5.41) is 6.21.